The maximum Gasteiger partial charge on any atom is 0.335 e. The highest BCUT2D eigenvalue weighted by Crippen LogP contribution is 2.35. The van der Waals surface area contributed by atoms with Crippen molar-refractivity contribution < 1.29 is 19.5 Å². The number of nitrogens with zero attached hydrogens (tertiary/aromatic N) is 3. The van der Waals surface area contributed by atoms with Gasteiger partial charge in [0.1, 0.15) is 11.4 Å². The third-order valence-electron chi connectivity index (χ3n) is 7.33. The first-order valence-corrected chi connectivity index (χ1v) is 12.2. The third kappa shape index (κ3) is 4.50. The molecule has 0 unspecified atom stereocenters. The Morgan fingerprint density at radius 2 is 1.89 bits per heavy atom. The number of aromatic nitrogens is 3. The first-order chi connectivity index (χ1) is 16.9. The van der Waals surface area contributed by atoms with Gasteiger partial charge in [-0.1, -0.05) is 25.3 Å². The summed E-state index contributed by atoms with van der Waals surface area (Å²) in [5.41, 5.74) is 3.76. The minimum Gasteiger partial charge on any atom is -0.478 e. The van der Waals surface area contributed by atoms with Crippen molar-refractivity contribution in [1.82, 2.24) is 25.2 Å². The molecule has 0 bridgehead atoms. The molecule has 3 N–H and O–H groups in total. The molecule has 3 aromatic rings. The Morgan fingerprint density at radius 1 is 1.09 bits per heavy atom. The highest BCUT2D eigenvalue weighted by atomic mass is 16.4. The summed E-state index contributed by atoms with van der Waals surface area (Å²) in [6.07, 6.45) is 8.82. The molecule has 2 aliphatic carbocycles. The second-order valence-electron chi connectivity index (χ2n) is 9.52. The van der Waals surface area contributed by atoms with Gasteiger partial charge >= 0.3 is 5.97 Å². The van der Waals surface area contributed by atoms with Crippen LogP contribution in [0.25, 0.3) is 5.65 Å². The summed E-state index contributed by atoms with van der Waals surface area (Å²) in [6.45, 7) is 2.42. The molecule has 35 heavy (non-hydrogen) atoms. The Balaban J connectivity index is 1.36. The van der Waals surface area contributed by atoms with Crippen molar-refractivity contribution in [3.8, 4) is 0 Å². The van der Waals surface area contributed by atoms with E-state index in [0.29, 0.717) is 31.0 Å². The molecule has 0 spiro atoms. The molecule has 0 saturated heterocycles. The summed E-state index contributed by atoms with van der Waals surface area (Å²) < 4.78 is 1.43. The number of aromatic carboxylic acids is 1. The van der Waals surface area contributed by atoms with Gasteiger partial charge in [-0.05, 0) is 61.3 Å². The summed E-state index contributed by atoms with van der Waals surface area (Å²) in [4.78, 5) is 42.1. The lowest BCUT2D eigenvalue weighted by molar-refractivity contribution is 0.0695. The number of carboxylic acids is 1. The van der Waals surface area contributed by atoms with Crippen molar-refractivity contribution in [1.29, 1.82) is 0 Å². The maximum atomic E-state index is 13.3. The van der Waals surface area contributed by atoms with Crippen molar-refractivity contribution in [3.63, 3.8) is 0 Å². The van der Waals surface area contributed by atoms with Crippen LogP contribution in [-0.2, 0) is 6.42 Å². The monoisotopic (exact) mass is 475 g/mol. The Hall–Kier alpha value is -3.75. The lowest BCUT2D eigenvalue weighted by atomic mass is 9.89. The number of benzene rings is 1. The van der Waals surface area contributed by atoms with Crippen LogP contribution < -0.4 is 10.6 Å². The van der Waals surface area contributed by atoms with Crippen LogP contribution in [-0.4, -0.2) is 44.0 Å². The second-order valence-corrected chi connectivity index (χ2v) is 9.52. The predicted octanol–water partition coefficient (Wildman–Crippen LogP) is 3.46. The van der Waals surface area contributed by atoms with Gasteiger partial charge < -0.3 is 15.7 Å². The number of hydrogen-bond acceptors (Lipinski definition) is 5. The molecule has 9 heteroatoms. The average molecular weight is 476 g/mol. The Labute approximate surface area is 202 Å². The van der Waals surface area contributed by atoms with E-state index in [1.165, 1.54) is 29.8 Å². The fourth-order valence-electron chi connectivity index (χ4n) is 5.40. The van der Waals surface area contributed by atoms with Crippen LogP contribution in [0, 0.1) is 12.8 Å². The molecule has 2 amide bonds. The quantitative estimate of drug-likeness (QED) is 0.501. The minimum absolute atomic E-state index is 0.188. The van der Waals surface area contributed by atoms with Gasteiger partial charge in [-0.2, -0.15) is 5.10 Å². The molecule has 1 atom stereocenters. The highest BCUT2D eigenvalue weighted by Gasteiger charge is 2.29. The fraction of sp³-hybridized carbons (Fsp3) is 0.423. The Morgan fingerprint density at radius 3 is 2.66 bits per heavy atom. The SMILES string of the molecule is Cc1c(C(=O)O)ccc2c1CC[C@@H]2NC(=O)c1cc(C(=O)NCC2CCCCC2)nc2ccnn12. The Bertz CT molecular complexity index is 1310. The topological polar surface area (TPSA) is 126 Å². The second kappa shape index (κ2) is 9.48. The van der Waals surface area contributed by atoms with Crippen LogP contribution in [0.3, 0.4) is 0 Å². The van der Waals surface area contributed by atoms with Gasteiger partial charge in [0.05, 0.1) is 17.8 Å². The standard InChI is InChI=1S/C26H29N5O4/c1-15-17-9-10-20(19(17)8-7-18(15)26(34)35)30-25(33)22-13-21(29-23-11-12-28-31(22)23)24(32)27-14-16-5-3-2-4-6-16/h7-8,11-13,16,20H,2-6,9-10,14H2,1H3,(H,27,32)(H,30,33)(H,34,35)/t20-/m0/s1. The maximum absolute atomic E-state index is 13.3. The summed E-state index contributed by atoms with van der Waals surface area (Å²) in [6, 6.07) is 6.27. The van der Waals surface area contributed by atoms with Gasteiger partial charge in [0.25, 0.3) is 11.8 Å². The van der Waals surface area contributed by atoms with Crippen molar-refractivity contribution in [2.45, 2.75) is 57.9 Å². The lowest BCUT2D eigenvalue weighted by Gasteiger charge is -2.21. The van der Waals surface area contributed by atoms with Gasteiger partial charge in [0.2, 0.25) is 0 Å². The molecule has 2 heterocycles. The molecule has 1 aromatic carbocycles. The van der Waals surface area contributed by atoms with Crippen LogP contribution in [0.2, 0.25) is 0 Å². The van der Waals surface area contributed by atoms with E-state index in [1.54, 1.807) is 31.3 Å². The molecule has 2 aliphatic rings. The lowest BCUT2D eigenvalue weighted by Crippen LogP contribution is -2.32. The molecule has 1 saturated carbocycles. The summed E-state index contributed by atoms with van der Waals surface area (Å²) in [7, 11) is 0. The number of fused-ring (bicyclic) bond motifs is 2. The molecule has 2 aromatic heterocycles. The first kappa shape index (κ1) is 23.0. The molecule has 5 rings (SSSR count). The molecule has 0 radical (unpaired) electrons. The van der Waals surface area contributed by atoms with E-state index in [2.05, 4.69) is 20.7 Å². The van der Waals surface area contributed by atoms with Gasteiger partial charge in [-0.15, -0.1) is 0 Å². The predicted molar refractivity (Wildman–Crippen MR) is 129 cm³/mol. The van der Waals surface area contributed by atoms with Crippen LogP contribution in [0.15, 0.2) is 30.5 Å². The van der Waals surface area contributed by atoms with E-state index in [0.717, 1.165) is 29.5 Å². The van der Waals surface area contributed by atoms with E-state index in [-0.39, 0.29) is 34.8 Å². The molecule has 0 aliphatic heterocycles. The number of carbonyl (C=O) groups excluding carboxylic acids is 2. The molecule has 1 fully saturated rings. The van der Waals surface area contributed by atoms with Crippen LogP contribution >= 0.6 is 0 Å². The minimum atomic E-state index is -0.954. The van der Waals surface area contributed by atoms with Crippen molar-refractivity contribution >= 4 is 23.4 Å². The van der Waals surface area contributed by atoms with E-state index < -0.39 is 5.97 Å². The average Bonchev–Trinajstić information content (AvgIpc) is 3.50. The zero-order chi connectivity index (χ0) is 24.5. The zero-order valence-electron chi connectivity index (χ0n) is 19.7. The van der Waals surface area contributed by atoms with Crippen LogP contribution in [0.4, 0.5) is 0 Å². The number of hydrogen-bond donors (Lipinski definition) is 3. The Kier molecular flexibility index (Phi) is 6.23. The third-order valence-corrected chi connectivity index (χ3v) is 7.33. The van der Waals surface area contributed by atoms with Crippen molar-refractivity contribution in [3.05, 3.63) is 64.1 Å². The van der Waals surface area contributed by atoms with Gasteiger partial charge in [0, 0.05) is 18.7 Å². The van der Waals surface area contributed by atoms with Crippen molar-refractivity contribution in [2.24, 2.45) is 5.92 Å². The highest BCUT2D eigenvalue weighted by molar-refractivity contribution is 5.98. The molecular formula is C26H29N5O4. The fourth-order valence-corrected chi connectivity index (χ4v) is 5.40. The number of carboxylic acid groups (broad SMARTS) is 1. The number of amides is 2. The van der Waals surface area contributed by atoms with Gasteiger partial charge in [0.15, 0.2) is 5.65 Å². The normalized spacial score (nSPS) is 17.8. The smallest absolute Gasteiger partial charge is 0.335 e. The van der Waals surface area contributed by atoms with Crippen LogP contribution in [0.5, 0.6) is 0 Å². The summed E-state index contributed by atoms with van der Waals surface area (Å²) >= 11 is 0. The van der Waals surface area contributed by atoms with E-state index in [9.17, 15) is 19.5 Å². The first-order valence-electron chi connectivity index (χ1n) is 12.2. The molecule has 182 valence electrons. The van der Waals surface area contributed by atoms with E-state index in [1.807, 2.05) is 0 Å². The number of carbonyl (C=O) groups is 3. The summed E-state index contributed by atoms with van der Waals surface area (Å²) in [5, 5.41) is 19.7. The zero-order valence-corrected chi connectivity index (χ0v) is 19.7. The largest absolute Gasteiger partial charge is 0.478 e. The van der Waals surface area contributed by atoms with E-state index >= 15 is 0 Å². The molecule has 9 nitrogen and oxygen atoms in total. The number of rotatable bonds is 6. The summed E-state index contributed by atoms with van der Waals surface area (Å²) in [5.74, 6) is -1.12. The molecular weight excluding hydrogens is 446 g/mol. The van der Waals surface area contributed by atoms with Crippen molar-refractivity contribution in [2.75, 3.05) is 6.54 Å². The number of nitrogens with one attached hydrogen (secondary N) is 2. The van der Waals surface area contributed by atoms with Gasteiger partial charge in [-0.25, -0.2) is 14.3 Å². The van der Waals surface area contributed by atoms with Crippen LogP contribution in [0.1, 0.15) is 92.6 Å². The van der Waals surface area contributed by atoms with Gasteiger partial charge in [-0.3, -0.25) is 9.59 Å². The van der Waals surface area contributed by atoms with E-state index in [4.69, 9.17) is 0 Å².